The average Bonchev–Trinajstić information content (AvgIpc) is 3.07. The number of benzene rings is 2. The van der Waals surface area contributed by atoms with Crippen molar-refractivity contribution < 1.29 is 9.13 Å². The van der Waals surface area contributed by atoms with E-state index in [9.17, 15) is 4.39 Å². The van der Waals surface area contributed by atoms with Gasteiger partial charge in [-0.3, -0.25) is 5.10 Å². The van der Waals surface area contributed by atoms with Crippen molar-refractivity contribution in [2.45, 2.75) is 12.8 Å². The second-order valence-corrected chi connectivity index (χ2v) is 5.73. The molecule has 3 aromatic rings. The lowest BCUT2D eigenvalue weighted by atomic mass is 9.91. The van der Waals surface area contributed by atoms with Crippen LogP contribution in [0.25, 0.3) is 11.3 Å². The monoisotopic (exact) mass is 325 g/mol. The minimum atomic E-state index is -0.261. The Morgan fingerprint density at radius 3 is 2.54 bits per heavy atom. The Morgan fingerprint density at radius 2 is 1.92 bits per heavy atom. The number of aryl methyl sites for hydroxylation is 1. The first kappa shape index (κ1) is 16.2. The standard InChI is InChI=1S/C19H20FN3O/c1-12-9-15(24-2)7-8-16(12)17(11-21)19-10-18(22-23-19)13-3-5-14(20)6-4-13/h3-10,17H,11,21H2,1-2H3,(H,22,23). The molecule has 3 rings (SSSR count). The number of halogens is 1. The predicted octanol–water partition coefficient (Wildman–Crippen LogP) is 3.62. The molecule has 24 heavy (non-hydrogen) atoms. The molecular weight excluding hydrogens is 305 g/mol. The van der Waals surface area contributed by atoms with Gasteiger partial charge in [-0.15, -0.1) is 0 Å². The van der Waals surface area contributed by atoms with Gasteiger partial charge in [0.25, 0.3) is 0 Å². The molecule has 0 fully saturated rings. The molecule has 1 heterocycles. The lowest BCUT2D eigenvalue weighted by Crippen LogP contribution is -2.15. The first-order chi connectivity index (χ1) is 11.6. The van der Waals surface area contributed by atoms with Gasteiger partial charge in [0.05, 0.1) is 12.8 Å². The van der Waals surface area contributed by atoms with Crippen LogP contribution in [0.3, 0.4) is 0 Å². The van der Waals surface area contributed by atoms with Crippen LogP contribution in [0.4, 0.5) is 4.39 Å². The van der Waals surface area contributed by atoms with Crippen LogP contribution >= 0.6 is 0 Å². The van der Waals surface area contributed by atoms with Gasteiger partial charge in [0.2, 0.25) is 0 Å². The molecule has 0 radical (unpaired) electrons. The van der Waals surface area contributed by atoms with Crippen molar-refractivity contribution in [3.8, 4) is 17.0 Å². The van der Waals surface area contributed by atoms with E-state index in [1.54, 1.807) is 19.2 Å². The number of aromatic nitrogens is 2. The van der Waals surface area contributed by atoms with E-state index in [4.69, 9.17) is 10.5 Å². The third kappa shape index (κ3) is 3.16. The van der Waals surface area contributed by atoms with Crippen molar-refractivity contribution in [3.05, 3.63) is 71.2 Å². The maximum absolute atomic E-state index is 13.1. The zero-order valence-electron chi connectivity index (χ0n) is 13.7. The third-order valence-corrected chi connectivity index (χ3v) is 4.20. The molecule has 2 aromatic carbocycles. The molecule has 0 spiro atoms. The summed E-state index contributed by atoms with van der Waals surface area (Å²) in [5.41, 5.74) is 10.8. The highest BCUT2D eigenvalue weighted by Crippen LogP contribution is 2.30. The second kappa shape index (κ2) is 6.84. The fourth-order valence-electron chi connectivity index (χ4n) is 2.87. The molecule has 1 atom stereocenters. The van der Waals surface area contributed by atoms with E-state index < -0.39 is 0 Å². The maximum atomic E-state index is 13.1. The zero-order chi connectivity index (χ0) is 17.1. The fraction of sp³-hybridized carbons (Fsp3) is 0.211. The SMILES string of the molecule is COc1ccc(C(CN)c2cc(-c3ccc(F)cc3)n[nH]2)c(C)c1. The molecule has 3 N–H and O–H groups in total. The van der Waals surface area contributed by atoms with Crippen LogP contribution in [-0.4, -0.2) is 23.9 Å². The van der Waals surface area contributed by atoms with E-state index in [1.165, 1.54) is 12.1 Å². The van der Waals surface area contributed by atoms with Gasteiger partial charge in [0, 0.05) is 23.7 Å². The number of hydrogen-bond acceptors (Lipinski definition) is 3. The Hall–Kier alpha value is -2.66. The number of ether oxygens (including phenoxy) is 1. The van der Waals surface area contributed by atoms with Crippen LogP contribution in [-0.2, 0) is 0 Å². The molecule has 124 valence electrons. The molecule has 0 amide bonds. The van der Waals surface area contributed by atoms with Gasteiger partial charge in [-0.25, -0.2) is 4.39 Å². The molecule has 0 aliphatic carbocycles. The number of methoxy groups -OCH3 is 1. The number of aromatic amines is 1. The Labute approximate surface area is 140 Å². The molecule has 0 saturated carbocycles. The fourth-order valence-corrected chi connectivity index (χ4v) is 2.87. The number of nitrogens with two attached hydrogens (primary N) is 1. The third-order valence-electron chi connectivity index (χ3n) is 4.20. The molecule has 0 saturated heterocycles. The van der Waals surface area contributed by atoms with Crippen molar-refractivity contribution in [2.75, 3.05) is 13.7 Å². The Kier molecular flexibility index (Phi) is 4.62. The first-order valence-corrected chi connectivity index (χ1v) is 7.78. The van der Waals surface area contributed by atoms with E-state index in [1.807, 2.05) is 31.2 Å². The summed E-state index contributed by atoms with van der Waals surface area (Å²) in [4.78, 5) is 0. The zero-order valence-corrected chi connectivity index (χ0v) is 13.7. The Balaban J connectivity index is 1.93. The van der Waals surface area contributed by atoms with Crippen molar-refractivity contribution >= 4 is 0 Å². The quantitative estimate of drug-likeness (QED) is 0.753. The molecule has 5 heteroatoms. The summed E-state index contributed by atoms with van der Waals surface area (Å²) >= 11 is 0. The highest BCUT2D eigenvalue weighted by Gasteiger charge is 2.18. The van der Waals surface area contributed by atoms with Crippen LogP contribution in [0.2, 0.25) is 0 Å². The maximum Gasteiger partial charge on any atom is 0.123 e. The summed E-state index contributed by atoms with van der Waals surface area (Å²) in [6.45, 7) is 2.50. The highest BCUT2D eigenvalue weighted by molar-refractivity contribution is 5.59. The summed E-state index contributed by atoms with van der Waals surface area (Å²) < 4.78 is 18.3. The van der Waals surface area contributed by atoms with Crippen molar-refractivity contribution in [1.29, 1.82) is 0 Å². The van der Waals surface area contributed by atoms with Crippen LogP contribution < -0.4 is 10.5 Å². The van der Waals surface area contributed by atoms with Gasteiger partial charge >= 0.3 is 0 Å². The average molecular weight is 325 g/mol. The minimum Gasteiger partial charge on any atom is -0.497 e. The lowest BCUT2D eigenvalue weighted by Gasteiger charge is -2.16. The number of hydrogen-bond donors (Lipinski definition) is 2. The van der Waals surface area contributed by atoms with E-state index >= 15 is 0 Å². The molecular formula is C19H20FN3O. The van der Waals surface area contributed by atoms with Crippen LogP contribution in [0, 0.1) is 12.7 Å². The number of H-pyrrole nitrogens is 1. The summed E-state index contributed by atoms with van der Waals surface area (Å²) in [6.07, 6.45) is 0. The molecule has 1 unspecified atom stereocenters. The highest BCUT2D eigenvalue weighted by atomic mass is 19.1. The van der Waals surface area contributed by atoms with Gasteiger partial charge in [-0.1, -0.05) is 6.07 Å². The Bertz CT molecular complexity index is 827. The van der Waals surface area contributed by atoms with Gasteiger partial charge in [0.1, 0.15) is 11.6 Å². The summed E-state index contributed by atoms with van der Waals surface area (Å²) in [5.74, 6) is 0.574. The van der Waals surface area contributed by atoms with Crippen molar-refractivity contribution in [2.24, 2.45) is 5.73 Å². The van der Waals surface area contributed by atoms with Gasteiger partial charge < -0.3 is 10.5 Å². The van der Waals surface area contributed by atoms with E-state index in [0.29, 0.717) is 6.54 Å². The van der Waals surface area contributed by atoms with Crippen molar-refractivity contribution in [3.63, 3.8) is 0 Å². The molecule has 4 nitrogen and oxygen atoms in total. The normalized spacial score (nSPS) is 12.2. The first-order valence-electron chi connectivity index (χ1n) is 7.78. The smallest absolute Gasteiger partial charge is 0.123 e. The lowest BCUT2D eigenvalue weighted by molar-refractivity contribution is 0.414. The van der Waals surface area contributed by atoms with E-state index in [2.05, 4.69) is 10.2 Å². The largest absolute Gasteiger partial charge is 0.497 e. The van der Waals surface area contributed by atoms with Crippen LogP contribution in [0.5, 0.6) is 5.75 Å². The molecule has 0 bridgehead atoms. The Morgan fingerprint density at radius 1 is 1.17 bits per heavy atom. The minimum absolute atomic E-state index is 0.0117. The van der Waals surface area contributed by atoms with Crippen LogP contribution in [0.1, 0.15) is 22.7 Å². The molecule has 0 aliphatic heterocycles. The second-order valence-electron chi connectivity index (χ2n) is 5.73. The van der Waals surface area contributed by atoms with E-state index in [-0.39, 0.29) is 11.7 Å². The number of nitrogens with zero attached hydrogens (tertiary/aromatic N) is 1. The predicted molar refractivity (Wildman–Crippen MR) is 92.6 cm³/mol. The summed E-state index contributed by atoms with van der Waals surface area (Å²) in [5, 5.41) is 7.42. The van der Waals surface area contributed by atoms with Gasteiger partial charge in [-0.2, -0.15) is 5.10 Å². The molecule has 1 aromatic heterocycles. The topological polar surface area (TPSA) is 63.9 Å². The van der Waals surface area contributed by atoms with Crippen LogP contribution in [0.15, 0.2) is 48.5 Å². The summed E-state index contributed by atoms with van der Waals surface area (Å²) in [7, 11) is 1.65. The van der Waals surface area contributed by atoms with E-state index in [0.717, 1.165) is 33.8 Å². The summed E-state index contributed by atoms with van der Waals surface area (Å²) in [6, 6.07) is 14.2. The molecule has 0 aliphatic rings. The van der Waals surface area contributed by atoms with Gasteiger partial charge in [0.15, 0.2) is 0 Å². The van der Waals surface area contributed by atoms with Gasteiger partial charge in [-0.05, 0) is 60.5 Å². The number of rotatable bonds is 5. The number of nitrogens with one attached hydrogen (secondary N) is 1. The van der Waals surface area contributed by atoms with Crippen molar-refractivity contribution in [1.82, 2.24) is 10.2 Å².